The summed E-state index contributed by atoms with van der Waals surface area (Å²) in [5.41, 5.74) is 5.66. The molecule has 0 saturated heterocycles. The van der Waals surface area contributed by atoms with Gasteiger partial charge in [-0.2, -0.15) is 0 Å². The first-order valence-corrected chi connectivity index (χ1v) is 4.52. The van der Waals surface area contributed by atoms with Gasteiger partial charge in [0.2, 0.25) is 0 Å². The van der Waals surface area contributed by atoms with Crippen LogP contribution in [0, 0.1) is 0 Å². The van der Waals surface area contributed by atoms with Gasteiger partial charge in [-0.05, 0) is 37.6 Å². The van der Waals surface area contributed by atoms with Gasteiger partial charge < -0.3 is 10.8 Å². The van der Waals surface area contributed by atoms with Crippen molar-refractivity contribution in [2.24, 2.45) is 0 Å². The summed E-state index contributed by atoms with van der Waals surface area (Å²) >= 11 is 5.78. The normalized spacial score (nSPS) is 11.4. The molecule has 0 bridgehead atoms. The number of nitrogen functional groups attached to an aromatic ring is 1. The molecule has 0 fully saturated rings. The van der Waals surface area contributed by atoms with E-state index in [4.69, 9.17) is 22.4 Å². The van der Waals surface area contributed by atoms with E-state index >= 15 is 0 Å². The van der Waals surface area contributed by atoms with E-state index in [1.165, 1.54) is 0 Å². The van der Waals surface area contributed by atoms with Gasteiger partial charge in [0, 0.05) is 10.7 Å². The fraction of sp³-hybridized carbons (Fsp3) is 0.300. The van der Waals surface area contributed by atoms with E-state index in [-0.39, 0.29) is 0 Å². The molecule has 0 aliphatic carbocycles. The first-order valence-electron chi connectivity index (χ1n) is 4.14. The van der Waals surface area contributed by atoms with Crippen molar-refractivity contribution < 1.29 is 9.90 Å². The number of aliphatic carboxylic acids is 1. The summed E-state index contributed by atoms with van der Waals surface area (Å²) in [6.07, 6.45) is 0. The van der Waals surface area contributed by atoms with Crippen molar-refractivity contribution in [1.29, 1.82) is 0 Å². The molecule has 4 heteroatoms. The van der Waals surface area contributed by atoms with Crippen LogP contribution in [0.25, 0.3) is 0 Å². The van der Waals surface area contributed by atoms with Gasteiger partial charge in [0.05, 0.1) is 5.41 Å². The Hall–Kier alpha value is -1.22. The van der Waals surface area contributed by atoms with Crippen LogP contribution in [0.2, 0.25) is 5.02 Å². The van der Waals surface area contributed by atoms with Crippen LogP contribution >= 0.6 is 11.6 Å². The number of anilines is 1. The lowest BCUT2D eigenvalue weighted by Gasteiger charge is -2.21. The number of hydrogen-bond donors (Lipinski definition) is 2. The molecular formula is C10H12ClNO2. The molecule has 0 saturated carbocycles. The van der Waals surface area contributed by atoms with E-state index in [1.807, 2.05) is 0 Å². The number of carbonyl (C=O) groups is 1. The Morgan fingerprint density at radius 3 is 2.57 bits per heavy atom. The number of hydrogen-bond acceptors (Lipinski definition) is 2. The third-order valence-corrected chi connectivity index (χ3v) is 2.46. The number of carboxylic acids is 1. The minimum absolute atomic E-state index is 0.446. The van der Waals surface area contributed by atoms with Crippen molar-refractivity contribution in [3.8, 4) is 0 Å². The second kappa shape index (κ2) is 3.50. The fourth-order valence-corrected chi connectivity index (χ4v) is 1.36. The molecule has 0 atom stereocenters. The maximum Gasteiger partial charge on any atom is 0.313 e. The van der Waals surface area contributed by atoms with Gasteiger partial charge in [-0.15, -0.1) is 0 Å². The molecule has 3 nitrogen and oxygen atoms in total. The van der Waals surface area contributed by atoms with Gasteiger partial charge in [0.15, 0.2) is 0 Å². The van der Waals surface area contributed by atoms with Crippen molar-refractivity contribution in [3.63, 3.8) is 0 Å². The third-order valence-electron chi connectivity index (χ3n) is 2.22. The number of carboxylic acid groups (broad SMARTS) is 1. The molecule has 0 spiro atoms. The van der Waals surface area contributed by atoms with Crippen LogP contribution in [0.5, 0.6) is 0 Å². The Morgan fingerprint density at radius 2 is 2.07 bits per heavy atom. The van der Waals surface area contributed by atoms with Gasteiger partial charge in [-0.25, -0.2) is 0 Å². The van der Waals surface area contributed by atoms with Crippen LogP contribution in [0.4, 0.5) is 5.69 Å². The smallest absolute Gasteiger partial charge is 0.313 e. The highest BCUT2D eigenvalue weighted by atomic mass is 35.5. The Kier molecular flexibility index (Phi) is 2.71. The quantitative estimate of drug-likeness (QED) is 0.741. The van der Waals surface area contributed by atoms with Crippen LogP contribution in [-0.2, 0) is 10.2 Å². The van der Waals surface area contributed by atoms with Crippen molar-refractivity contribution in [3.05, 3.63) is 28.8 Å². The molecule has 0 radical (unpaired) electrons. The minimum atomic E-state index is -1.02. The van der Waals surface area contributed by atoms with Crippen molar-refractivity contribution in [2.75, 3.05) is 5.73 Å². The van der Waals surface area contributed by atoms with Gasteiger partial charge in [0.25, 0.3) is 0 Å². The van der Waals surface area contributed by atoms with Crippen LogP contribution < -0.4 is 5.73 Å². The summed E-state index contributed by atoms with van der Waals surface area (Å²) in [6.45, 7) is 3.19. The predicted molar refractivity (Wildman–Crippen MR) is 56.5 cm³/mol. The average molecular weight is 214 g/mol. The van der Waals surface area contributed by atoms with Crippen molar-refractivity contribution >= 4 is 23.3 Å². The van der Waals surface area contributed by atoms with E-state index in [9.17, 15) is 4.79 Å². The lowest BCUT2D eigenvalue weighted by molar-refractivity contribution is -0.142. The van der Waals surface area contributed by atoms with Crippen molar-refractivity contribution in [1.82, 2.24) is 0 Å². The minimum Gasteiger partial charge on any atom is -0.481 e. The fourth-order valence-electron chi connectivity index (χ4n) is 1.18. The lowest BCUT2D eigenvalue weighted by atomic mass is 9.84. The number of halogens is 1. The van der Waals surface area contributed by atoms with Crippen LogP contribution in [0.1, 0.15) is 19.4 Å². The summed E-state index contributed by atoms with van der Waals surface area (Å²) in [6, 6.07) is 4.84. The zero-order valence-electron chi connectivity index (χ0n) is 8.04. The molecule has 0 heterocycles. The zero-order valence-corrected chi connectivity index (χ0v) is 8.80. The molecule has 1 aromatic carbocycles. The summed E-state index contributed by atoms with van der Waals surface area (Å²) in [4.78, 5) is 11.0. The first-order chi connectivity index (χ1) is 6.35. The Balaban J connectivity index is 3.31. The van der Waals surface area contributed by atoms with Crippen molar-refractivity contribution in [2.45, 2.75) is 19.3 Å². The summed E-state index contributed by atoms with van der Waals surface area (Å²) in [5.74, 6) is -0.925. The molecule has 0 aromatic heterocycles. The van der Waals surface area contributed by atoms with Crippen LogP contribution in [-0.4, -0.2) is 11.1 Å². The Bertz CT molecular complexity index is 374. The topological polar surface area (TPSA) is 63.3 Å². The first kappa shape index (κ1) is 10.9. The second-order valence-corrected chi connectivity index (χ2v) is 4.10. The van der Waals surface area contributed by atoms with E-state index in [2.05, 4.69) is 0 Å². The summed E-state index contributed by atoms with van der Waals surface area (Å²) < 4.78 is 0. The monoisotopic (exact) mass is 213 g/mol. The largest absolute Gasteiger partial charge is 0.481 e. The Labute approximate surface area is 87.5 Å². The highest BCUT2D eigenvalue weighted by Gasteiger charge is 2.31. The second-order valence-electron chi connectivity index (χ2n) is 3.66. The predicted octanol–water partition coefficient (Wildman–Crippen LogP) is 2.28. The lowest BCUT2D eigenvalue weighted by Crippen LogP contribution is -2.29. The van der Waals surface area contributed by atoms with Crippen LogP contribution in [0.15, 0.2) is 18.2 Å². The molecule has 76 valence electrons. The number of benzene rings is 1. The molecular weight excluding hydrogens is 202 g/mol. The number of nitrogens with two attached hydrogens (primary N) is 1. The average Bonchev–Trinajstić information content (AvgIpc) is 2.08. The zero-order chi connectivity index (χ0) is 10.9. The molecule has 0 amide bonds. The third kappa shape index (κ3) is 1.82. The molecule has 1 aromatic rings. The molecule has 3 N–H and O–H groups in total. The van der Waals surface area contributed by atoms with Gasteiger partial charge in [0.1, 0.15) is 0 Å². The number of rotatable bonds is 2. The molecule has 0 aliphatic rings. The molecule has 0 unspecified atom stereocenters. The standard InChI is InChI=1S/C10H12ClNO2/c1-10(2,9(13)14)7-5-6(11)3-4-8(7)12/h3-5H,12H2,1-2H3,(H,13,14). The van der Waals surface area contributed by atoms with Crippen LogP contribution in [0.3, 0.4) is 0 Å². The van der Waals surface area contributed by atoms with Gasteiger partial charge >= 0.3 is 5.97 Å². The summed E-state index contributed by atoms with van der Waals surface area (Å²) in [5, 5.41) is 9.50. The molecule has 0 aliphatic heterocycles. The van der Waals surface area contributed by atoms with E-state index in [0.29, 0.717) is 16.3 Å². The maximum absolute atomic E-state index is 11.0. The Morgan fingerprint density at radius 1 is 1.50 bits per heavy atom. The maximum atomic E-state index is 11.0. The highest BCUT2D eigenvalue weighted by molar-refractivity contribution is 6.30. The summed E-state index contributed by atoms with van der Waals surface area (Å²) in [7, 11) is 0. The van der Waals surface area contributed by atoms with Gasteiger partial charge in [-0.3, -0.25) is 4.79 Å². The molecule has 1 rings (SSSR count). The highest BCUT2D eigenvalue weighted by Crippen LogP contribution is 2.30. The van der Waals surface area contributed by atoms with Gasteiger partial charge in [-0.1, -0.05) is 11.6 Å². The van der Waals surface area contributed by atoms with E-state index in [0.717, 1.165) is 0 Å². The van der Waals surface area contributed by atoms with E-state index < -0.39 is 11.4 Å². The SMILES string of the molecule is CC(C)(C(=O)O)c1cc(Cl)ccc1N. The molecule has 14 heavy (non-hydrogen) atoms. The van der Waals surface area contributed by atoms with E-state index in [1.54, 1.807) is 32.0 Å².